The molecule has 0 spiro atoms. The maximum Gasteiger partial charge on any atom is 0.410 e. The van der Waals surface area contributed by atoms with Crippen molar-refractivity contribution in [3.63, 3.8) is 0 Å². The SMILES string of the molecule is O=C(OCc1ccccc1)N1CCC(CF)(C(=O)O)C1. The molecule has 0 aromatic heterocycles. The Hall–Kier alpha value is -2.11. The molecule has 1 unspecified atom stereocenters. The summed E-state index contributed by atoms with van der Waals surface area (Å²) in [5, 5.41) is 9.05. The lowest BCUT2D eigenvalue weighted by Crippen LogP contribution is -2.38. The van der Waals surface area contributed by atoms with E-state index < -0.39 is 24.2 Å². The highest BCUT2D eigenvalue weighted by molar-refractivity contribution is 5.78. The first-order valence-electron chi connectivity index (χ1n) is 6.32. The topological polar surface area (TPSA) is 66.8 Å². The predicted octanol–water partition coefficient (Wildman–Crippen LogP) is 2.07. The minimum atomic E-state index is -1.48. The number of likely N-dealkylation sites (tertiary alicyclic amines) is 1. The van der Waals surface area contributed by atoms with Crippen LogP contribution in [0.15, 0.2) is 30.3 Å². The standard InChI is InChI=1S/C14H16FNO4/c15-9-14(12(17)18)6-7-16(10-14)13(19)20-8-11-4-2-1-3-5-11/h1-5H,6-10H2,(H,17,18). The molecule has 0 saturated carbocycles. The van der Waals surface area contributed by atoms with Crippen molar-refractivity contribution in [3.05, 3.63) is 35.9 Å². The van der Waals surface area contributed by atoms with E-state index >= 15 is 0 Å². The Balaban J connectivity index is 1.90. The Bertz CT molecular complexity index is 493. The fourth-order valence-electron chi connectivity index (χ4n) is 2.18. The van der Waals surface area contributed by atoms with E-state index in [1.54, 1.807) is 0 Å². The molecule has 1 aromatic carbocycles. The molecule has 20 heavy (non-hydrogen) atoms. The molecule has 1 fully saturated rings. The fraction of sp³-hybridized carbons (Fsp3) is 0.429. The van der Waals surface area contributed by atoms with Crippen molar-refractivity contribution in [1.29, 1.82) is 0 Å². The summed E-state index contributed by atoms with van der Waals surface area (Å²) >= 11 is 0. The third-order valence-corrected chi connectivity index (χ3v) is 3.53. The Morgan fingerprint density at radius 3 is 2.60 bits per heavy atom. The van der Waals surface area contributed by atoms with Gasteiger partial charge in [0.05, 0.1) is 0 Å². The molecule has 108 valence electrons. The molecule has 6 heteroatoms. The zero-order valence-corrected chi connectivity index (χ0v) is 10.9. The summed E-state index contributed by atoms with van der Waals surface area (Å²) in [5.74, 6) is -1.21. The van der Waals surface area contributed by atoms with Crippen LogP contribution in [0.4, 0.5) is 9.18 Å². The van der Waals surface area contributed by atoms with Crippen molar-refractivity contribution in [2.24, 2.45) is 5.41 Å². The highest BCUT2D eigenvalue weighted by Gasteiger charge is 2.47. The Morgan fingerprint density at radius 1 is 1.35 bits per heavy atom. The minimum absolute atomic E-state index is 0.110. The Kier molecular flexibility index (Phi) is 4.22. The molecular formula is C14H16FNO4. The first-order chi connectivity index (χ1) is 9.57. The quantitative estimate of drug-likeness (QED) is 0.917. The number of benzene rings is 1. The van der Waals surface area contributed by atoms with Gasteiger partial charge in [0.25, 0.3) is 0 Å². The summed E-state index contributed by atoms with van der Waals surface area (Å²) in [7, 11) is 0. The number of rotatable bonds is 4. The number of amides is 1. The molecule has 1 aliphatic heterocycles. The number of aliphatic carboxylic acids is 1. The van der Waals surface area contributed by atoms with Gasteiger partial charge in [-0.2, -0.15) is 0 Å². The summed E-state index contributed by atoms with van der Waals surface area (Å²) in [6.07, 6.45) is -0.496. The van der Waals surface area contributed by atoms with Crippen LogP contribution in [0.2, 0.25) is 0 Å². The van der Waals surface area contributed by atoms with Gasteiger partial charge in [-0.25, -0.2) is 9.18 Å². The van der Waals surface area contributed by atoms with E-state index in [-0.39, 0.29) is 26.1 Å². The van der Waals surface area contributed by atoms with Gasteiger partial charge in [-0.05, 0) is 12.0 Å². The van der Waals surface area contributed by atoms with Crippen molar-refractivity contribution in [1.82, 2.24) is 4.90 Å². The highest BCUT2D eigenvalue weighted by atomic mass is 19.1. The van der Waals surface area contributed by atoms with E-state index in [9.17, 15) is 14.0 Å². The van der Waals surface area contributed by atoms with Crippen molar-refractivity contribution >= 4 is 12.1 Å². The fourth-order valence-corrected chi connectivity index (χ4v) is 2.18. The number of carbonyl (C=O) groups is 2. The number of hydrogen-bond donors (Lipinski definition) is 1. The van der Waals surface area contributed by atoms with E-state index in [1.807, 2.05) is 30.3 Å². The van der Waals surface area contributed by atoms with E-state index in [4.69, 9.17) is 9.84 Å². The average Bonchev–Trinajstić information content (AvgIpc) is 2.92. The van der Waals surface area contributed by atoms with E-state index in [2.05, 4.69) is 0 Å². The summed E-state index contributed by atoms with van der Waals surface area (Å²) in [5.41, 5.74) is -0.638. The molecule has 0 bridgehead atoms. The van der Waals surface area contributed by atoms with E-state index in [1.165, 1.54) is 4.90 Å². The molecule has 1 saturated heterocycles. The second-order valence-corrected chi connectivity index (χ2v) is 4.93. The molecular weight excluding hydrogens is 265 g/mol. The minimum Gasteiger partial charge on any atom is -0.481 e. The molecule has 1 aliphatic rings. The van der Waals surface area contributed by atoms with Crippen LogP contribution in [0.1, 0.15) is 12.0 Å². The number of carboxylic acid groups (broad SMARTS) is 1. The number of halogens is 1. The molecule has 1 atom stereocenters. The average molecular weight is 281 g/mol. The van der Waals surface area contributed by atoms with Crippen molar-refractivity contribution < 1.29 is 23.8 Å². The largest absolute Gasteiger partial charge is 0.481 e. The lowest BCUT2D eigenvalue weighted by atomic mass is 9.89. The van der Waals surface area contributed by atoms with Gasteiger partial charge >= 0.3 is 12.1 Å². The zero-order chi connectivity index (χ0) is 14.6. The molecule has 1 amide bonds. The highest BCUT2D eigenvalue weighted by Crippen LogP contribution is 2.31. The van der Waals surface area contributed by atoms with Gasteiger partial charge in [0.1, 0.15) is 18.7 Å². The lowest BCUT2D eigenvalue weighted by Gasteiger charge is -2.21. The first kappa shape index (κ1) is 14.3. The number of carboxylic acids is 1. The zero-order valence-electron chi connectivity index (χ0n) is 10.9. The van der Waals surface area contributed by atoms with Crippen LogP contribution in [0.25, 0.3) is 0 Å². The van der Waals surface area contributed by atoms with Crippen LogP contribution in [0, 0.1) is 5.41 Å². The van der Waals surface area contributed by atoms with Gasteiger partial charge in [-0.1, -0.05) is 30.3 Å². The van der Waals surface area contributed by atoms with Crippen LogP contribution >= 0.6 is 0 Å². The van der Waals surface area contributed by atoms with Gasteiger partial charge in [0.15, 0.2) is 0 Å². The van der Waals surface area contributed by atoms with Gasteiger partial charge in [0.2, 0.25) is 0 Å². The molecule has 1 aromatic rings. The maximum absolute atomic E-state index is 12.9. The van der Waals surface area contributed by atoms with Gasteiger partial charge in [-0.3, -0.25) is 4.79 Å². The Labute approximate surface area is 116 Å². The lowest BCUT2D eigenvalue weighted by molar-refractivity contribution is -0.149. The number of nitrogens with zero attached hydrogens (tertiary/aromatic N) is 1. The molecule has 0 aliphatic carbocycles. The number of alkyl halides is 1. The van der Waals surface area contributed by atoms with E-state index in [0.717, 1.165) is 5.56 Å². The van der Waals surface area contributed by atoms with E-state index in [0.29, 0.717) is 0 Å². The second kappa shape index (κ2) is 5.90. The smallest absolute Gasteiger partial charge is 0.410 e. The third-order valence-electron chi connectivity index (χ3n) is 3.53. The van der Waals surface area contributed by atoms with Gasteiger partial charge in [-0.15, -0.1) is 0 Å². The molecule has 1 heterocycles. The second-order valence-electron chi connectivity index (χ2n) is 4.93. The summed E-state index contributed by atoms with van der Waals surface area (Å²) < 4.78 is 18.0. The van der Waals surface area contributed by atoms with Gasteiger partial charge in [0, 0.05) is 13.1 Å². The van der Waals surface area contributed by atoms with Crippen molar-refractivity contribution in [2.75, 3.05) is 19.8 Å². The third kappa shape index (κ3) is 2.89. The number of carbonyl (C=O) groups excluding carboxylic acids is 1. The monoisotopic (exact) mass is 281 g/mol. The summed E-state index contributed by atoms with van der Waals surface area (Å²) in [4.78, 5) is 24.2. The normalized spacial score (nSPS) is 21.8. The van der Waals surface area contributed by atoms with Crippen LogP contribution in [0.3, 0.4) is 0 Å². The maximum atomic E-state index is 12.9. The van der Waals surface area contributed by atoms with Crippen molar-refractivity contribution in [2.45, 2.75) is 13.0 Å². The Morgan fingerprint density at radius 2 is 2.05 bits per heavy atom. The first-order valence-corrected chi connectivity index (χ1v) is 6.32. The van der Waals surface area contributed by atoms with Crippen LogP contribution in [-0.2, 0) is 16.1 Å². The van der Waals surface area contributed by atoms with Crippen LogP contribution in [-0.4, -0.2) is 41.8 Å². The van der Waals surface area contributed by atoms with Crippen LogP contribution < -0.4 is 0 Å². The predicted molar refractivity (Wildman–Crippen MR) is 68.9 cm³/mol. The molecule has 2 rings (SSSR count). The van der Waals surface area contributed by atoms with Gasteiger partial charge < -0.3 is 14.7 Å². The molecule has 1 N–H and O–H groups in total. The number of ether oxygens (including phenoxy) is 1. The van der Waals surface area contributed by atoms with Crippen molar-refractivity contribution in [3.8, 4) is 0 Å². The van der Waals surface area contributed by atoms with Crippen LogP contribution in [0.5, 0.6) is 0 Å². The molecule has 5 nitrogen and oxygen atoms in total. The molecule has 0 radical (unpaired) electrons. The number of hydrogen-bond acceptors (Lipinski definition) is 3. The summed E-state index contributed by atoms with van der Waals surface area (Å²) in [6.45, 7) is -0.813. The summed E-state index contributed by atoms with van der Waals surface area (Å²) in [6, 6.07) is 9.16.